The molecule has 0 saturated heterocycles. The van der Waals surface area contributed by atoms with Crippen LogP contribution in [0.1, 0.15) is 28.9 Å². The zero-order valence-electron chi connectivity index (χ0n) is 21.5. The summed E-state index contributed by atoms with van der Waals surface area (Å²) in [5, 5.41) is 16.5. The number of ether oxygens (including phenoxy) is 2. The Morgan fingerprint density at radius 2 is 1.78 bits per heavy atom. The summed E-state index contributed by atoms with van der Waals surface area (Å²) < 4.78 is 14.4. The van der Waals surface area contributed by atoms with Crippen molar-refractivity contribution in [2.24, 2.45) is 0 Å². The Morgan fingerprint density at radius 1 is 0.946 bits per heavy atom. The zero-order chi connectivity index (χ0) is 25.9. The number of carbonyl (C=O) groups is 1. The van der Waals surface area contributed by atoms with Crippen LogP contribution in [0, 0.1) is 13.8 Å². The van der Waals surface area contributed by atoms with Gasteiger partial charge in [-0.05, 0) is 55.7 Å². The minimum Gasteiger partial charge on any atom is -0.493 e. The molecule has 2 aromatic carbocycles. The van der Waals surface area contributed by atoms with Crippen molar-refractivity contribution in [2.75, 3.05) is 20.8 Å². The van der Waals surface area contributed by atoms with Gasteiger partial charge in [-0.2, -0.15) is 5.10 Å². The number of aryl methyl sites for hydroxylation is 3. The van der Waals surface area contributed by atoms with Crippen molar-refractivity contribution in [1.82, 2.24) is 29.5 Å². The molecule has 0 radical (unpaired) electrons. The molecule has 190 valence electrons. The fourth-order valence-electron chi connectivity index (χ4n) is 4.47. The lowest BCUT2D eigenvalue weighted by atomic mass is 10.0. The Morgan fingerprint density at radius 3 is 2.59 bits per heavy atom. The first kappa shape index (κ1) is 24.3. The fraction of sp³-hybridized carbons (Fsp3) is 0.286. The van der Waals surface area contributed by atoms with Gasteiger partial charge in [-0.1, -0.05) is 23.8 Å². The Bertz CT molecular complexity index is 1590. The molecule has 0 saturated carbocycles. The lowest BCUT2D eigenvalue weighted by molar-refractivity contribution is -0.121. The van der Waals surface area contributed by atoms with Crippen molar-refractivity contribution < 1.29 is 14.3 Å². The molecular formula is C28H30N6O3. The molecule has 0 aliphatic heterocycles. The van der Waals surface area contributed by atoms with Crippen molar-refractivity contribution >= 4 is 17.1 Å². The topological polar surface area (TPSA) is 95.0 Å². The van der Waals surface area contributed by atoms with Crippen molar-refractivity contribution in [2.45, 2.75) is 33.1 Å². The van der Waals surface area contributed by atoms with Crippen LogP contribution in [0.2, 0.25) is 0 Å². The predicted molar refractivity (Wildman–Crippen MR) is 141 cm³/mol. The summed E-state index contributed by atoms with van der Waals surface area (Å²) in [5.41, 5.74) is 7.01. The van der Waals surface area contributed by atoms with Gasteiger partial charge in [-0.15, -0.1) is 10.2 Å². The third-order valence-electron chi connectivity index (χ3n) is 6.52. The minimum atomic E-state index is -0.0279. The van der Waals surface area contributed by atoms with Gasteiger partial charge >= 0.3 is 0 Å². The normalized spacial score (nSPS) is 11.2. The summed E-state index contributed by atoms with van der Waals surface area (Å²) in [6, 6.07) is 14.2. The predicted octanol–water partition coefficient (Wildman–Crippen LogP) is 3.97. The second kappa shape index (κ2) is 10.3. The largest absolute Gasteiger partial charge is 0.493 e. The molecule has 0 aliphatic carbocycles. The number of nitrogens with one attached hydrogen (secondary N) is 1. The van der Waals surface area contributed by atoms with Gasteiger partial charge in [-0.25, -0.2) is 4.52 Å². The van der Waals surface area contributed by atoms with Crippen LogP contribution < -0.4 is 14.8 Å². The van der Waals surface area contributed by atoms with Crippen LogP contribution in [0.4, 0.5) is 0 Å². The summed E-state index contributed by atoms with van der Waals surface area (Å²) in [5.74, 6) is 2.07. The molecule has 0 atom stereocenters. The van der Waals surface area contributed by atoms with E-state index >= 15 is 0 Å². The fourth-order valence-corrected chi connectivity index (χ4v) is 4.47. The van der Waals surface area contributed by atoms with E-state index in [9.17, 15) is 4.79 Å². The standard InChI is InChI=1S/C28H30N6O3/c1-18-5-6-19(2)21(15-18)22-17-23-28-31-30-26(33(28)13-14-34(23)32-22)9-10-27(35)29-12-11-20-7-8-24(36-3)25(16-20)37-4/h5-8,13-17H,9-12H2,1-4H3,(H,29,35). The van der Waals surface area contributed by atoms with Gasteiger partial charge in [0.1, 0.15) is 11.3 Å². The summed E-state index contributed by atoms with van der Waals surface area (Å²) in [4.78, 5) is 12.5. The zero-order valence-corrected chi connectivity index (χ0v) is 21.5. The number of hydrogen-bond acceptors (Lipinski definition) is 6. The maximum atomic E-state index is 12.5. The molecule has 37 heavy (non-hydrogen) atoms. The van der Waals surface area contributed by atoms with Crippen molar-refractivity contribution in [3.8, 4) is 22.8 Å². The Kier molecular flexibility index (Phi) is 6.76. The first-order valence-electron chi connectivity index (χ1n) is 12.2. The van der Waals surface area contributed by atoms with E-state index in [1.165, 1.54) is 11.1 Å². The molecule has 1 amide bonds. The van der Waals surface area contributed by atoms with Gasteiger partial charge in [-0.3, -0.25) is 9.20 Å². The molecule has 5 aromatic rings. The van der Waals surface area contributed by atoms with Crippen molar-refractivity contribution in [1.29, 1.82) is 0 Å². The first-order valence-corrected chi connectivity index (χ1v) is 12.2. The SMILES string of the molecule is COc1ccc(CCNC(=O)CCc2nnc3c4cc(-c5cc(C)ccc5C)nn4ccn23)cc1OC. The van der Waals surface area contributed by atoms with E-state index in [1.807, 2.05) is 45.6 Å². The van der Waals surface area contributed by atoms with Crippen LogP contribution in [0.5, 0.6) is 11.5 Å². The van der Waals surface area contributed by atoms with Gasteiger partial charge in [0.25, 0.3) is 0 Å². The molecule has 1 N–H and O–H groups in total. The third kappa shape index (κ3) is 4.97. The van der Waals surface area contributed by atoms with Crippen molar-refractivity contribution in [3.63, 3.8) is 0 Å². The monoisotopic (exact) mass is 498 g/mol. The van der Waals surface area contributed by atoms with E-state index in [1.54, 1.807) is 14.2 Å². The molecule has 0 fully saturated rings. The van der Waals surface area contributed by atoms with Crippen molar-refractivity contribution in [3.05, 3.63) is 77.4 Å². The van der Waals surface area contributed by atoms with E-state index in [4.69, 9.17) is 14.6 Å². The smallest absolute Gasteiger partial charge is 0.220 e. The third-order valence-corrected chi connectivity index (χ3v) is 6.52. The van der Waals surface area contributed by atoms with Gasteiger partial charge in [0.2, 0.25) is 5.91 Å². The van der Waals surface area contributed by atoms with E-state index in [0.29, 0.717) is 37.3 Å². The average Bonchev–Trinajstić information content (AvgIpc) is 3.52. The van der Waals surface area contributed by atoms with E-state index in [0.717, 1.165) is 33.8 Å². The molecule has 0 aliphatic rings. The van der Waals surface area contributed by atoms with Crippen LogP contribution in [0.3, 0.4) is 0 Å². The average molecular weight is 499 g/mol. The van der Waals surface area contributed by atoms with Crippen LogP contribution in [-0.4, -0.2) is 50.9 Å². The molecule has 0 bridgehead atoms. The summed E-state index contributed by atoms with van der Waals surface area (Å²) in [6.45, 7) is 4.70. The van der Waals surface area contributed by atoms with Crippen LogP contribution in [-0.2, 0) is 17.6 Å². The highest BCUT2D eigenvalue weighted by Gasteiger charge is 2.15. The number of aromatic nitrogens is 5. The van der Waals surface area contributed by atoms with E-state index < -0.39 is 0 Å². The number of nitrogens with zero attached hydrogens (tertiary/aromatic N) is 5. The maximum Gasteiger partial charge on any atom is 0.220 e. The Labute approximate surface area is 215 Å². The molecule has 5 rings (SSSR count). The number of fused-ring (bicyclic) bond motifs is 3. The number of benzene rings is 2. The summed E-state index contributed by atoms with van der Waals surface area (Å²) in [6.07, 6.45) is 5.30. The Hall–Kier alpha value is -4.40. The second-order valence-electron chi connectivity index (χ2n) is 9.08. The lowest BCUT2D eigenvalue weighted by Gasteiger charge is -2.10. The van der Waals surface area contributed by atoms with Crippen LogP contribution >= 0.6 is 0 Å². The lowest BCUT2D eigenvalue weighted by Crippen LogP contribution is -2.26. The number of amides is 1. The van der Waals surface area contributed by atoms with Gasteiger partial charge in [0, 0.05) is 37.3 Å². The highest BCUT2D eigenvalue weighted by atomic mass is 16.5. The molecule has 0 spiro atoms. The van der Waals surface area contributed by atoms with E-state index in [2.05, 4.69) is 47.6 Å². The first-order chi connectivity index (χ1) is 18.0. The minimum absolute atomic E-state index is 0.0279. The number of rotatable bonds is 9. The van der Waals surface area contributed by atoms with Crippen LogP contribution in [0.25, 0.3) is 22.4 Å². The second-order valence-corrected chi connectivity index (χ2v) is 9.08. The highest BCUT2D eigenvalue weighted by Crippen LogP contribution is 2.28. The maximum absolute atomic E-state index is 12.5. The molecular weight excluding hydrogens is 468 g/mol. The van der Waals surface area contributed by atoms with Gasteiger partial charge < -0.3 is 14.8 Å². The molecule has 9 heteroatoms. The highest BCUT2D eigenvalue weighted by molar-refractivity contribution is 5.78. The summed E-state index contributed by atoms with van der Waals surface area (Å²) >= 11 is 0. The molecule has 0 unspecified atom stereocenters. The van der Waals surface area contributed by atoms with Gasteiger partial charge in [0.15, 0.2) is 17.1 Å². The number of hydrogen-bond donors (Lipinski definition) is 1. The van der Waals surface area contributed by atoms with E-state index in [-0.39, 0.29) is 5.91 Å². The Balaban J connectivity index is 1.24. The molecule has 3 aromatic heterocycles. The summed E-state index contributed by atoms with van der Waals surface area (Å²) in [7, 11) is 3.22. The quantitative estimate of drug-likeness (QED) is 0.330. The number of carbonyl (C=O) groups excluding carboxylic acids is 1. The number of methoxy groups -OCH3 is 2. The molecule has 3 heterocycles. The van der Waals surface area contributed by atoms with Crippen LogP contribution in [0.15, 0.2) is 54.9 Å². The van der Waals surface area contributed by atoms with Gasteiger partial charge in [0.05, 0.1) is 19.9 Å². The molecule has 9 nitrogen and oxygen atoms in total.